The summed E-state index contributed by atoms with van der Waals surface area (Å²) in [4.78, 5) is 17.9. The van der Waals surface area contributed by atoms with Crippen LogP contribution >= 0.6 is 22.9 Å². The predicted octanol–water partition coefficient (Wildman–Crippen LogP) is 4.50. The summed E-state index contributed by atoms with van der Waals surface area (Å²) in [5.74, 6) is -0.849. The van der Waals surface area contributed by atoms with Crippen LogP contribution in [0, 0.1) is 6.92 Å². The van der Waals surface area contributed by atoms with E-state index in [2.05, 4.69) is 4.98 Å². The smallest absolute Gasteiger partial charge is 0.271 e. The maximum absolute atomic E-state index is 13.3. The van der Waals surface area contributed by atoms with Gasteiger partial charge in [-0.1, -0.05) is 29.3 Å². The van der Waals surface area contributed by atoms with E-state index >= 15 is 0 Å². The highest BCUT2D eigenvalue weighted by molar-refractivity contribution is 7.93. The number of aryl methyl sites for hydroxylation is 1. The van der Waals surface area contributed by atoms with E-state index in [1.807, 2.05) is 12.3 Å². The number of rotatable bonds is 5. The molecule has 2 aromatic heterocycles. The number of halogens is 1. The third-order valence-corrected chi connectivity index (χ3v) is 7.26. The van der Waals surface area contributed by atoms with Crippen molar-refractivity contribution in [3.63, 3.8) is 0 Å². The number of imidazole rings is 1. The first-order valence-corrected chi connectivity index (χ1v) is 11.7. The molecule has 0 aliphatic rings. The van der Waals surface area contributed by atoms with Gasteiger partial charge in [0.25, 0.3) is 15.9 Å². The fourth-order valence-corrected chi connectivity index (χ4v) is 5.33. The molecule has 1 N–H and O–H groups in total. The molecule has 2 aromatic carbocycles. The van der Waals surface area contributed by atoms with Gasteiger partial charge in [-0.05, 0) is 49.4 Å². The topological polar surface area (TPSA) is 92.0 Å². The van der Waals surface area contributed by atoms with Gasteiger partial charge < -0.3 is 5.11 Å². The molecule has 0 spiro atoms. The molecule has 0 unspecified atom stereocenters. The Morgan fingerprint density at radius 2 is 1.84 bits per heavy atom. The van der Waals surface area contributed by atoms with E-state index in [-0.39, 0.29) is 21.5 Å². The van der Waals surface area contributed by atoms with Gasteiger partial charge in [0, 0.05) is 17.7 Å². The molecule has 7 nitrogen and oxygen atoms in total. The number of carbonyl (C=O) groups is 1. The standard InChI is InChI=1S/C21H16ClN3O4S2/c1-14-2-8-17(9-3-14)31(28,29)25(15-4-6-16(26)7-5-15)19(27)11-10-18-20(22)23-21-24(18)12-13-30-21/h2-13,26H,1H3/b11-10+. The van der Waals surface area contributed by atoms with E-state index in [4.69, 9.17) is 11.6 Å². The van der Waals surface area contributed by atoms with Crippen LogP contribution < -0.4 is 4.31 Å². The maximum Gasteiger partial charge on any atom is 0.271 e. The summed E-state index contributed by atoms with van der Waals surface area (Å²) in [6.45, 7) is 1.84. The molecule has 0 fully saturated rings. The summed E-state index contributed by atoms with van der Waals surface area (Å²) < 4.78 is 29.1. The van der Waals surface area contributed by atoms with Gasteiger partial charge in [-0.3, -0.25) is 9.20 Å². The number of aromatic nitrogens is 2. The number of phenols is 1. The van der Waals surface area contributed by atoms with Crippen LogP contribution in [0.3, 0.4) is 0 Å². The Morgan fingerprint density at radius 3 is 2.52 bits per heavy atom. The number of hydrogen-bond donors (Lipinski definition) is 1. The molecule has 0 saturated carbocycles. The van der Waals surface area contributed by atoms with Crippen molar-refractivity contribution in [1.82, 2.24) is 9.38 Å². The fraction of sp³-hybridized carbons (Fsp3) is 0.0476. The van der Waals surface area contributed by atoms with Crippen LogP contribution in [0.1, 0.15) is 11.3 Å². The van der Waals surface area contributed by atoms with Crippen molar-refractivity contribution in [1.29, 1.82) is 0 Å². The van der Waals surface area contributed by atoms with Crippen LogP contribution in [0.25, 0.3) is 11.0 Å². The second-order valence-electron chi connectivity index (χ2n) is 6.61. The molecule has 10 heteroatoms. The number of thiazole rings is 1. The first kappa shape index (κ1) is 21.1. The number of benzene rings is 2. The van der Waals surface area contributed by atoms with E-state index in [9.17, 15) is 18.3 Å². The number of aromatic hydroxyl groups is 1. The molecule has 0 bridgehead atoms. The van der Waals surface area contributed by atoms with Crippen molar-refractivity contribution in [2.45, 2.75) is 11.8 Å². The Bertz CT molecular complexity index is 1390. The quantitative estimate of drug-likeness (QED) is 0.431. The van der Waals surface area contributed by atoms with Crippen LogP contribution in [0.15, 0.2) is 71.1 Å². The van der Waals surface area contributed by atoms with Gasteiger partial charge in [-0.15, -0.1) is 11.3 Å². The lowest BCUT2D eigenvalue weighted by molar-refractivity contribution is -0.113. The molecular formula is C21H16ClN3O4S2. The molecule has 1 amide bonds. The van der Waals surface area contributed by atoms with Crippen molar-refractivity contribution in [3.05, 3.63) is 82.6 Å². The summed E-state index contributed by atoms with van der Waals surface area (Å²) in [5, 5.41) is 11.6. The Kier molecular flexibility index (Phi) is 5.57. The van der Waals surface area contributed by atoms with Gasteiger partial charge in [0.2, 0.25) is 0 Å². The number of anilines is 1. The Balaban J connectivity index is 1.77. The first-order valence-electron chi connectivity index (χ1n) is 9.01. The number of fused-ring (bicyclic) bond motifs is 1. The van der Waals surface area contributed by atoms with Crippen LogP contribution in [-0.2, 0) is 14.8 Å². The second-order valence-corrected chi connectivity index (χ2v) is 9.63. The lowest BCUT2D eigenvalue weighted by Gasteiger charge is -2.21. The molecule has 4 aromatic rings. The number of sulfonamides is 1. The lowest BCUT2D eigenvalue weighted by Crippen LogP contribution is -2.35. The third-order valence-electron chi connectivity index (χ3n) is 4.48. The monoisotopic (exact) mass is 473 g/mol. The summed E-state index contributed by atoms with van der Waals surface area (Å²) in [7, 11) is -4.22. The molecule has 0 atom stereocenters. The number of nitrogens with zero attached hydrogens (tertiary/aromatic N) is 3. The average Bonchev–Trinajstić information content (AvgIpc) is 3.29. The van der Waals surface area contributed by atoms with Crippen molar-refractivity contribution < 1.29 is 18.3 Å². The molecular weight excluding hydrogens is 458 g/mol. The van der Waals surface area contributed by atoms with E-state index in [0.29, 0.717) is 15.0 Å². The van der Waals surface area contributed by atoms with Crippen molar-refractivity contribution in [2.24, 2.45) is 0 Å². The summed E-state index contributed by atoms with van der Waals surface area (Å²) in [6, 6.07) is 11.5. The van der Waals surface area contributed by atoms with E-state index < -0.39 is 15.9 Å². The molecule has 0 aliphatic heterocycles. The predicted molar refractivity (Wildman–Crippen MR) is 121 cm³/mol. The minimum Gasteiger partial charge on any atom is -0.508 e. The van der Waals surface area contributed by atoms with E-state index in [1.54, 1.807) is 22.7 Å². The number of hydrogen-bond acceptors (Lipinski definition) is 6. The maximum atomic E-state index is 13.3. The van der Waals surface area contributed by atoms with Gasteiger partial charge in [0.05, 0.1) is 16.3 Å². The molecule has 0 radical (unpaired) electrons. The second kappa shape index (κ2) is 8.18. The zero-order valence-electron chi connectivity index (χ0n) is 16.1. The zero-order chi connectivity index (χ0) is 22.2. The number of phenolic OH excluding ortho intramolecular Hbond substituents is 1. The highest BCUT2D eigenvalue weighted by Gasteiger charge is 2.30. The van der Waals surface area contributed by atoms with E-state index in [0.717, 1.165) is 11.6 Å². The van der Waals surface area contributed by atoms with Gasteiger partial charge in [0.1, 0.15) is 5.75 Å². The number of carbonyl (C=O) groups excluding carboxylic acids is 1. The largest absolute Gasteiger partial charge is 0.508 e. The first-order chi connectivity index (χ1) is 14.8. The van der Waals surface area contributed by atoms with Crippen molar-refractivity contribution in [2.75, 3.05) is 4.31 Å². The summed E-state index contributed by atoms with van der Waals surface area (Å²) >= 11 is 7.54. The highest BCUT2D eigenvalue weighted by Crippen LogP contribution is 2.27. The van der Waals surface area contributed by atoms with Gasteiger partial charge in [-0.25, -0.2) is 13.4 Å². The zero-order valence-corrected chi connectivity index (χ0v) is 18.5. The fourth-order valence-electron chi connectivity index (χ4n) is 2.93. The van der Waals surface area contributed by atoms with Crippen LogP contribution in [-0.4, -0.2) is 28.8 Å². The normalized spacial score (nSPS) is 11.9. The van der Waals surface area contributed by atoms with Crippen LogP contribution in [0.4, 0.5) is 5.69 Å². The number of amides is 1. The molecule has 0 saturated heterocycles. The highest BCUT2D eigenvalue weighted by atomic mass is 35.5. The van der Waals surface area contributed by atoms with Gasteiger partial charge >= 0.3 is 0 Å². The average molecular weight is 474 g/mol. The van der Waals surface area contributed by atoms with Crippen LogP contribution in [0.5, 0.6) is 5.75 Å². The summed E-state index contributed by atoms with van der Waals surface area (Å²) in [5.41, 5.74) is 1.44. The Hall–Kier alpha value is -3.14. The van der Waals surface area contributed by atoms with E-state index in [1.165, 1.54) is 53.8 Å². The SMILES string of the molecule is Cc1ccc(S(=O)(=O)N(C(=O)/C=C/c2c(Cl)nc3sccn23)c2ccc(O)cc2)cc1. The minimum atomic E-state index is -4.22. The van der Waals surface area contributed by atoms with Crippen molar-refractivity contribution in [3.8, 4) is 5.75 Å². The summed E-state index contributed by atoms with van der Waals surface area (Å²) in [6.07, 6.45) is 4.31. The third kappa shape index (κ3) is 4.07. The van der Waals surface area contributed by atoms with Gasteiger partial charge in [0.15, 0.2) is 10.1 Å². The minimum absolute atomic E-state index is 0.0319. The van der Waals surface area contributed by atoms with Crippen molar-refractivity contribution >= 4 is 55.6 Å². The lowest BCUT2D eigenvalue weighted by atomic mass is 10.2. The van der Waals surface area contributed by atoms with Crippen LogP contribution in [0.2, 0.25) is 5.15 Å². The molecule has 2 heterocycles. The Morgan fingerprint density at radius 1 is 1.16 bits per heavy atom. The molecule has 0 aliphatic carbocycles. The molecule has 4 rings (SSSR count). The van der Waals surface area contributed by atoms with Gasteiger partial charge in [-0.2, -0.15) is 4.31 Å². The molecule has 31 heavy (non-hydrogen) atoms. The molecule has 158 valence electrons. The Labute approximate surface area is 187 Å².